The third-order valence-corrected chi connectivity index (χ3v) is 3.86. The van der Waals surface area contributed by atoms with Crippen LogP contribution in [0.2, 0.25) is 0 Å². The maximum atomic E-state index is 11.3. The Kier molecular flexibility index (Phi) is 1.45. The van der Waals surface area contributed by atoms with E-state index >= 15 is 0 Å². The molecule has 0 aromatic heterocycles. The number of likely N-dealkylation sites (N-methyl/N-ethyl adjacent to an activating group) is 1. The van der Waals surface area contributed by atoms with Gasteiger partial charge in [0.15, 0.2) is 0 Å². The third kappa shape index (κ3) is 0.817. The zero-order valence-corrected chi connectivity index (χ0v) is 8.29. The van der Waals surface area contributed by atoms with Crippen LogP contribution in [0.4, 0.5) is 0 Å². The van der Waals surface area contributed by atoms with Crippen molar-refractivity contribution in [2.45, 2.75) is 26.8 Å². The van der Waals surface area contributed by atoms with Gasteiger partial charge in [0, 0.05) is 6.54 Å². The summed E-state index contributed by atoms with van der Waals surface area (Å²) in [6.07, 6.45) is 0. The predicted octanol–water partition coefficient (Wildman–Crippen LogP) is 1.16. The van der Waals surface area contributed by atoms with Gasteiger partial charge in [-0.25, -0.2) is 0 Å². The van der Waals surface area contributed by atoms with Gasteiger partial charge in [-0.1, -0.05) is 13.8 Å². The average Bonchev–Trinajstić information content (AvgIpc) is 2.40. The molecule has 0 aromatic rings. The van der Waals surface area contributed by atoms with Crippen LogP contribution in [0.15, 0.2) is 0 Å². The van der Waals surface area contributed by atoms with E-state index in [1.807, 2.05) is 0 Å². The second-order valence-electron chi connectivity index (χ2n) is 4.95. The fraction of sp³-hybridized carbons (Fsp3) is 0.900. The van der Waals surface area contributed by atoms with Crippen molar-refractivity contribution in [1.29, 1.82) is 0 Å². The van der Waals surface area contributed by atoms with Crippen LogP contribution in [-0.2, 0) is 4.79 Å². The molecule has 2 rings (SSSR count). The van der Waals surface area contributed by atoms with Gasteiger partial charge in [0.05, 0.1) is 6.04 Å². The molecule has 1 aliphatic heterocycles. The molecule has 68 valence electrons. The molecule has 2 fully saturated rings. The molecule has 1 heterocycles. The molecule has 0 N–H and O–H groups in total. The van der Waals surface area contributed by atoms with E-state index in [4.69, 9.17) is 0 Å². The number of Topliss-reactive ketones (excluding diaryl/α,β-unsaturated/α-hetero) is 1. The van der Waals surface area contributed by atoms with Gasteiger partial charge in [0.25, 0.3) is 0 Å². The number of hydrogen-bond acceptors (Lipinski definition) is 2. The molecule has 2 heteroatoms. The first-order valence-corrected chi connectivity index (χ1v) is 4.67. The fourth-order valence-electron chi connectivity index (χ4n) is 3.02. The standard InChI is InChI=1S/C10H17NO/c1-6(12)9-8-7(5-11(9)4)10(8,2)3/h7-9H,5H2,1-4H3/t7-,8-,9+/m0/s1. The highest BCUT2D eigenvalue weighted by Crippen LogP contribution is 2.64. The highest BCUT2D eigenvalue weighted by molar-refractivity contribution is 5.83. The van der Waals surface area contributed by atoms with Crippen molar-refractivity contribution in [3.05, 3.63) is 0 Å². The van der Waals surface area contributed by atoms with Gasteiger partial charge in [-0.3, -0.25) is 9.69 Å². The number of ketones is 1. The highest BCUT2D eigenvalue weighted by Gasteiger charge is 2.66. The second-order valence-corrected chi connectivity index (χ2v) is 4.95. The van der Waals surface area contributed by atoms with Crippen LogP contribution < -0.4 is 0 Å². The SMILES string of the molecule is CC(=O)[C@@H]1[C@@H]2[C@H](CN1C)C2(C)C. The minimum atomic E-state index is 0.213. The Morgan fingerprint density at radius 3 is 2.42 bits per heavy atom. The van der Waals surface area contributed by atoms with Crippen molar-refractivity contribution in [2.24, 2.45) is 17.3 Å². The summed E-state index contributed by atoms with van der Waals surface area (Å²) in [6.45, 7) is 7.40. The van der Waals surface area contributed by atoms with E-state index in [0.717, 1.165) is 12.5 Å². The van der Waals surface area contributed by atoms with E-state index in [9.17, 15) is 4.79 Å². The Labute approximate surface area is 73.9 Å². The molecule has 0 spiro atoms. The number of piperidine rings is 1. The normalized spacial score (nSPS) is 44.2. The van der Waals surface area contributed by atoms with E-state index in [2.05, 4.69) is 25.8 Å². The Morgan fingerprint density at radius 2 is 2.08 bits per heavy atom. The molecule has 0 radical (unpaired) electrons. The summed E-state index contributed by atoms with van der Waals surface area (Å²) in [5.41, 5.74) is 0.433. The smallest absolute Gasteiger partial charge is 0.147 e. The Hall–Kier alpha value is -0.370. The lowest BCUT2D eigenvalue weighted by atomic mass is 9.99. The van der Waals surface area contributed by atoms with Gasteiger partial charge in [-0.15, -0.1) is 0 Å². The van der Waals surface area contributed by atoms with E-state index in [1.54, 1.807) is 6.92 Å². The van der Waals surface area contributed by atoms with Crippen molar-refractivity contribution in [3.8, 4) is 0 Å². The number of carbonyl (C=O) groups is 1. The van der Waals surface area contributed by atoms with Gasteiger partial charge in [0.2, 0.25) is 0 Å². The zero-order chi connectivity index (χ0) is 9.09. The summed E-state index contributed by atoms with van der Waals surface area (Å²) >= 11 is 0. The van der Waals surface area contributed by atoms with E-state index < -0.39 is 0 Å². The van der Waals surface area contributed by atoms with E-state index in [1.165, 1.54) is 0 Å². The first kappa shape index (κ1) is 8.24. The van der Waals surface area contributed by atoms with Gasteiger partial charge < -0.3 is 0 Å². The molecule has 0 unspecified atom stereocenters. The monoisotopic (exact) mass is 167 g/mol. The Balaban J connectivity index is 2.19. The van der Waals surface area contributed by atoms with Crippen molar-refractivity contribution in [1.82, 2.24) is 4.90 Å². The topological polar surface area (TPSA) is 20.3 Å². The molecular formula is C10H17NO. The molecule has 0 amide bonds. The maximum absolute atomic E-state index is 11.3. The Morgan fingerprint density at radius 1 is 1.50 bits per heavy atom. The van der Waals surface area contributed by atoms with Crippen LogP contribution in [-0.4, -0.2) is 30.3 Å². The lowest BCUT2D eigenvalue weighted by Gasteiger charge is -2.24. The molecule has 0 aromatic carbocycles. The molecule has 1 saturated carbocycles. The second kappa shape index (κ2) is 2.11. The summed E-state index contributed by atoms with van der Waals surface area (Å²) in [4.78, 5) is 13.6. The van der Waals surface area contributed by atoms with Crippen LogP contribution in [0.25, 0.3) is 0 Å². The maximum Gasteiger partial charge on any atom is 0.147 e. The van der Waals surface area contributed by atoms with Crippen molar-refractivity contribution in [3.63, 3.8) is 0 Å². The first-order valence-electron chi connectivity index (χ1n) is 4.67. The molecule has 2 aliphatic rings. The van der Waals surface area contributed by atoms with E-state index in [0.29, 0.717) is 17.1 Å². The number of fused-ring (bicyclic) bond motifs is 1. The van der Waals surface area contributed by atoms with Crippen LogP contribution in [0.3, 0.4) is 0 Å². The molecule has 1 saturated heterocycles. The molecule has 1 aliphatic carbocycles. The number of likely N-dealkylation sites (tertiary alicyclic amines) is 1. The van der Waals surface area contributed by atoms with Crippen LogP contribution >= 0.6 is 0 Å². The fourth-order valence-corrected chi connectivity index (χ4v) is 3.02. The van der Waals surface area contributed by atoms with Gasteiger partial charge in [-0.05, 0) is 31.2 Å². The highest BCUT2D eigenvalue weighted by atomic mass is 16.1. The first-order chi connectivity index (χ1) is 5.46. The summed E-state index contributed by atoms with van der Waals surface area (Å²) in [7, 11) is 2.06. The van der Waals surface area contributed by atoms with E-state index in [-0.39, 0.29) is 6.04 Å². The van der Waals surface area contributed by atoms with Gasteiger partial charge >= 0.3 is 0 Å². The zero-order valence-electron chi connectivity index (χ0n) is 8.29. The molecule has 12 heavy (non-hydrogen) atoms. The summed E-state index contributed by atoms with van der Waals surface area (Å²) < 4.78 is 0. The minimum absolute atomic E-state index is 0.213. The minimum Gasteiger partial charge on any atom is -0.298 e. The summed E-state index contributed by atoms with van der Waals surface area (Å²) in [6, 6.07) is 0.213. The van der Waals surface area contributed by atoms with Crippen molar-refractivity contribution >= 4 is 5.78 Å². The predicted molar refractivity (Wildman–Crippen MR) is 47.9 cm³/mol. The molecule has 0 bridgehead atoms. The molecular weight excluding hydrogens is 150 g/mol. The summed E-state index contributed by atoms with van der Waals surface area (Å²) in [5.74, 6) is 1.76. The number of carbonyl (C=O) groups excluding carboxylic acids is 1. The third-order valence-electron chi connectivity index (χ3n) is 3.86. The molecule has 2 nitrogen and oxygen atoms in total. The number of rotatable bonds is 1. The van der Waals surface area contributed by atoms with Crippen LogP contribution in [0.5, 0.6) is 0 Å². The van der Waals surface area contributed by atoms with Gasteiger partial charge in [0.1, 0.15) is 5.78 Å². The lowest BCUT2D eigenvalue weighted by molar-refractivity contribution is -0.122. The van der Waals surface area contributed by atoms with Gasteiger partial charge in [-0.2, -0.15) is 0 Å². The van der Waals surface area contributed by atoms with Crippen molar-refractivity contribution < 1.29 is 4.79 Å². The van der Waals surface area contributed by atoms with Crippen LogP contribution in [0.1, 0.15) is 20.8 Å². The van der Waals surface area contributed by atoms with Crippen LogP contribution in [0, 0.1) is 17.3 Å². The quantitative estimate of drug-likeness (QED) is 0.584. The van der Waals surface area contributed by atoms with Crippen molar-refractivity contribution in [2.75, 3.05) is 13.6 Å². The largest absolute Gasteiger partial charge is 0.298 e. The lowest BCUT2D eigenvalue weighted by Crippen LogP contribution is -2.37. The Bertz CT molecular complexity index is 234. The molecule has 3 atom stereocenters. The summed E-state index contributed by atoms with van der Waals surface area (Å²) in [5, 5.41) is 0. The average molecular weight is 167 g/mol. The number of nitrogens with zero attached hydrogens (tertiary/aromatic N) is 1. The number of hydrogen-bond donors (Lipinski definition) is 0.